The first-order valence-corrected chi connectivity index (χ1v) is 7.44. The van der Waals surface area contributed by atoms with Gasteiger partial charge in [0, 0.05) is 24.7 Å². The molecule has 6 heteroatoms. The first-order chi connectivity index (χ1) is 10.2. The third-order valence-electron chi connectivity index (χ3n) is 3.19. The van der Waals surface area contributed by atoms with E-state index in [-0.39, 0.29) is 5.41 Å². The third kappa shape index (κ3) is 10.3. The van der Waals surface area contributed by atoms with Gasteiger partial charge < -0.3 is 30.4 Å². The van der Waals surface area contributed by atoms with Gasteiger partial charge in [0.25, 0.3) is 0 Å². The van der Waals surface area contributed by atoms with Crippen molar-refractivity contribution in [1.82, 2.24) is 0 Å². The summed E-state index contributed by atoms with van der Waals surface area (Å²) in [5.41, 5.74) is -0.202. The molecule has 0 aliphatic carbocycles. The number of rotatable bonds is 16. The molecule has 3 N–H and O–H groups in total. The van der Waals surface area contributed by atoms with E-state index in [2.05, 4.69) is 6.92 Å². The van der Waals surface area contributed by atoms with E-state index in [1.165, 1.54) is 18.6 Å². The minimum atomic E-state index is -0.202. The Labute approximate surface area is 127 Å². The zero-order chi connectivity index (χ0) is 15.8. The lowest BCUT2D eigenvalue weighted by molar-refractivity contribution is -0.0685. The van der Waals surface area contributed by atoms with Crippen molar-refractivity contribution in [2.75, 3.05) is 39.6 Å². The van der Waals surface area contributed by atoms with Crippen LogP contribution in [0.1, 0.15) is 32.6 Å². The largest absolute Gasteiger partial charge is 0.380 e. The summed E-state index contributed by atoms with van der Waals surface area (Å²) >= 11 is 0. The zero-order valence-electron chi connectivity index (χ0n) is 13.0. The molecule has 6 nitrogen and oxygen atoms in total. The topological polar surface area (TPSA) is 99.2 Å². The Balaban J connectivity index is 4.31. The second-order valence-corrected chi connectivity index (χ2v) is 4.99. The monoisotopic (exact) mass is 299 g/mol. The van der Waals surface area contributed by atoms with E-state index in [1.54, 1.807) is 0 Å². The van der Waals surface area contributed by atoms with Crippen molar-refractivity contribution < 1.29 is 14.2 Å². The maximum absolute atomic E-state index is 7.00. The van der Waals surface area contributed by atoms with Crippen LogP contribution in [-0.4, -0.2) is 58.3 Å². The highest BCUT2D eigenvalue weighted by atomic mass is 16.5. The van der Waals surface area contributed by atoms with Crippen molar-refractivity contribution in [3.63, 3.8) is 0 Å². The van der Waals surface area contributed by atoms with Crippen LogP contribution in [0.5, 0.6) is 0 Å². The van der Waals surface area contributed by atoms with Gasteiger partial charge in [-0.05, 0) is 25.1 Å². The van der Waals surface area contributed by atoms with E-state index in [0.29, 0.717) is 58.9 Å². The van der Waals surface area contributed by atoms with E-state index in [1.807, 2.05) is 0 Å². The fourth-order valence-corrected chi connectivity index (χ4v) is 1.72. The Morgan fingerprint density at radius 3 is 1.29 bits per heavy atom. The molecule has 0 spiro atoms. The highest BCUT2D eigenvalue weighted by Crippen LogP contribution is 2.24. The van der Waals surface area contributed by atoms with Crippen LogP contribution in [0.3, 0.4) is 0 Å². The summed E-state index contributed by atoms with van der Waals surface area (Å²) in [6.07, 6.45) is 6.74. The van der Waals surface area contributed by atoms with Gasteiger partial charge in [0.05, 0.1) is 39.6 Å². The quantitative estimate of drug-likeness (QED) is 0.301. The molecule has 122 valence electrons. The molecule has 0 saturated carbocycles. The molecule has 0 saturated heterocycles. The normalized spacial score (nSPS) is 13.6. The minimum absolute atomic E-state index is 0.202. The van der Waals surface area contributed by atoms with E-state index in [9.17, 15) is 0 Å². The van der Waals surface area contributed by atoms with Crippen molar-refractivity contribution >= 4 is 18.6 Å². The summed E-state index contributed by atoms with van der Waals surface area (Å²) in [5, 5.41) is 21.0. The van der Waals surface area contributed by atoms with Gasteiger partial charge in [0.2, 0.25) is 0 Å². The summed E-state index contributed by atoms with van der Waals surface area (Å²) in [6, 6.07) is 0. The van der Waals surface area contributed by atoms with Gasteiger partial charge in [-0.2, -0.15) is 0 Å². The predicted molar refractivity (Wildman–Crippen MR) is 85.4 cm³/mol. The lowest BCUT2D eigenvalue weighted by atomic mass is 9.88. The molecule has 0 radical (unpaired) electrons. The minimum Gasteiger partial charge on any atom is -0.380 e. The first-order valence-electron chi connectivity index (χ1n) is 7.44. The van der Waals surface area contributed by atoms with Crippen LogP contribution in [0.2, 0.25) is 0 Å². The van der Waals surface area contributed by atoms with Crippen LogP contribution in [0, 0.1) is 21.6 Å². The molecule has 0 heterocycles. The number of ether oxygens (including phenoxy) is 3. The molecule has 0 atom stereocenters. The van der Waals surface area contributed by atoms with Gasteiger partial charge in [-0.25, -0.2) is 0 Å². The summed E-state index contributed by atoms with van der Waals surface area (Å²) in [4.78, 5) is 0. The molecule has 0 unspecified atom stereocenters. The van der Waals surface area contributed by atoms with Gasteiger partial charge in [0.15, 0.2) is 0 Å². The van der Waals surface area contributed by atoms with Crippen LogP contribution in [-0.2, 0) is 14.2 Å². The molecule has 0 aromatic heterocycles. The molecule has 0 bridgehead atoms. The SMILES string of the molecule is CCC(COCCC=N)(COCCC=N)COCCC=N. The lowest BCUT2D eigenvalue weighted by Gasteiger charge is -2.32. The molecule has 0 aliphatic rings. The standard InChI is InChI=1S/C15H29N3O3/c1-2-15(12-19-9-3-6-16,13-20-10-4-7-17)14-21-11-5-8-18/h6-8,16-18H,2-5,9-14H2,1H3. The number of hydrogen-bond acceptors (Lipinski definition) is 6. The summed E-state index contributed by atoms with van der Waals surface area (Å²) in [6.45, 7) is 5.29. The second kappa shape index (κ2) is 13.9. The Kier molecular flexibility index (Phi) is 13.1. The predicted octanol–water partition coefficient (Wildman–Crippen LogP) is 2.55. The van der Waals surface area contributed by atoms with Crippen LogP contribution in [0.15, 0.2) is 0 Å². The van der Waals surface area contributed by atoms with Crippen LogP contribution in [0.25, 0.3) is 0 Å². The van der Waals surface area contributed by atoms with E-state index < -0.39 is 0 Å². The maximum Gasteiger partial charge on any atom is 0.0566 e. The Morgan fingerprint density at radius 2 is 1.05 bits per heavy atom. The number of nitrogens with one attached hydrogen (secondary N) is 3. The maximum atomic E-state index is 7.00. The number of hydrogen-bond donors (Lipinski definition) is 3. The average Bonchev–Trinajstić information content (AvgIpc) is 2.51. The van der Waals surface area contributed by atoms with Crippen molar-refractivity contribution in [2.24, 2.45) is 5.41 Å². The smallest absolute Gasteiger partial charge is 0.0566 e. The highest BCUT2D eigenvalue weighted by Gasteiger charge is 2.29. The Bertz CT molecular complexity index is 245. The molecule has 0 amide bonds. The fraction of sp³-hybridized carbons (Fsp3) is 0.800. The third-order valence-corrected chi connectivity index (χ3v) is 3.19. The molecule has 0 aromatic carbocycles. The molecular weight excluding hydrogens is 270 g/mol. The van der Waals surface area contributed by atoms with Crippen molar-refractivity contribution in [2.45, 2.75) is 32.6 Å². The van der Waals surface area contributed by atoms with Crippen LogP contribution in [0.4, 0.5) is 0 Å². The highest BCUT2D eigenvalue weighted by molar-refractivity contribution is 5.53. The fourth-order valence-electron chi connectivity index (χ4n) is 1.72. The van der Waals surface area contributed by atoms with E-state index >= 15 is 0 Å². The summed E-state index contributed by atoms with van der Waals surface area (Å²) in [5.74, 6) is 0. The van der Waals surface area contributed by atoms with Gasteiger partial charge in [-0.1, -0.05) is 6.92 Å². The zero-order valence-corrected chi connectivity index (χ0v) is 13.0. The molecule has 21 heavy (non-hydrogen) atoms. The van der Waals surface area contributed by atoms with E-state index in [0.717, 1.165) is 6.42 Å². The first kappa shape index (κ1) is 19.9. The summed E-state index contributed by atoms with van der Waals surface area (Å²) < 4.78 is 16.9. The van der Waals surface area contributed by atoms with Crippen molar-refractivity contribution in [3.8, 4) is 0 Å². The molecule has 0 aliphatic heterocycles. The second-order valence-electron chi connectivity index (χ2n) is 4.99. The van der Waals surface area contributed by atoms with Gasteiger partial charge in [0.1, 0.15) is 0 Å². The lowest BCUT2D eigenvalue weighted by Crippen LogP contribution is -2.37. The van der Waals surface area contributed by atoms with Crippen molar-refractivity contribution in [1.29, 1.82) is 16.2 Å². The average molecular weight is 299 g/mol. The van der Waals surface area contributed by atoms with E-state index in [4.69, 9.17) is 30.4 Å². The van der Waals surface area contributed by atoms with Crippen molar-refractivity contribution in [3.05, 3.63) is 0 Å². The Morgan fingerprint density at radius 1 is 0.714 bits per heavy atom. The summed E-state index contributed by atoms with van der Waals surface area (Å²) in [7, 11) is 0. The van der Waals surface area contributed by atoms with Gasteiger partial charge in [-0.3, -0.25) is 0 Å². The Hall–Kier alpha value is -1.11. The van der Waals surface area contributed by atoms with Crippen LogP contribution >= 0.6 is 0 Å². The molecule has 0 fully saturated rings. The van der Waals surface area contributed by atoms with Gasteiger partial charge >= 0.3 is 0 Å². The van der Waals surface area contributed by atoms with Crippen LogP contribution < -0.4 is 0 Å². The molecule has 0 rings (SSSR count). The van der Waals surface area contributed by atoms with Gasteiger partial charge in [-0.15, -0.1) is 0 Å². The molecule has 0 aromatic rings. The molecular formula is C15H29N3O3.